The van der Waals surface area contributed by atoms with Gasteiger partial charge in [0.15, 0.2) is 0 Å². The van der Waals surface area contributed by atoms with E-state index in [1.165, 1.54) is 19.3 Å². The largest absolute Gasteiger partial charge is 0.506 e. The summed E-state index contributed by atoms with van der Waals surface area (Å²) in [6.07, 6.45) is 5.40. The molecule has 0 saturated heterocycles. The molecule has 3 heteroatoms. The molecule has 3 nitrogen and oxygen atoms in total. The second kappa shape index (κ2) is 2.81. The van der Waals surface area contributed by atoms with Crippen molar-refractivity contribution < 1.29 is 14.6 Å². The molecule has 17 heavy (non-hydrogen) atoms. The van der Waals surface area contributed by atoms with Gasteiger partial charge in [-0.3, -0.25) is 0 Å². The predicted octanol–water partition coefficient (Wildman–Crippen LogP) is 3.82. The van der Waals surface area contributed by atoms with Crippen molar-refractivity contribution in [3.63, 3.8) is 0 Å². The lowest BCUT2D eigenvalue weighted by molar-refractivity contribution is -0.223. The second-order valence-electron chi connectivity index (χ2n) is 8.04. The van der Waals surface area contributed by atoms with Crippen LogP contribution in [0.4, 0.5) is 4.79 Å². The first-order valence-electron chi connectivity index (χ1n) is 6.58. The van der Waals surface area contributed by atoms with Crippen LogP contribution >= 0.6 is 0 Å². The van der Waals surface area contributed by atoms with Gasteiger partial charge in [-0.2, -0.15) is 0 Å². The molecule has 4 fully saturated rings. The average Bonchev–Trinajstić information content (AvgIpc) is 1.87. The van der Waals surface area contributed by atoms with Crippen LogP contribution in [0, 0.1) is 16.2 Å². The van der Waals surface area contributed by atoms with Crippen molar-refractivity contribution in [1.29, 1.82) is 0 Å². The second-order valence-corrected chi connectivity index (χ2v) is 8.04. The summed E-state index contributed by atoms with van der Waals surface area (Å²) in [6.45, 7) is 6.96. The van der Waals surface area contributed by atoms with Crippen molar-refractivity contribution in [3.05, 3.63) is 0 Å². The molecule has 4 aliphatic rings. The highest BCUT2D eigenvalue weighted by Crippen LogP contribution is 2.71. The van der Waals surface area contributed by atoms with Gasteiger partial charge in [0.25, 0.3) is 0 Å². The molecule has 0 aromatic heterocycles. The Morgan fingerprint density at radius 3 is 1.53 bits per heavy atom. The molecule has 96 valence electrons. The Bertz CT molecular complexity index is 333. The van der Waals surface area contributed by atoms with Crippen LogP contribution < -0.4 is 0 Å². The fourth-order valence-corrected chi connectivity index (χ4v) is 6.47. The third kappa shape index (κ3) is 1.66. The third-order valence-corrected chi connectivity index (χ3v) is 5.11. The summed E-state index contributed by atoms with van der Waals surface area (Å²) in [5.74, 6) is 0. The van der Waals surface area contributed by atoms with Gasteiger partial charge in [0.2, 0.25) is 0 Å². The summed E-state index contributed by atoms with van der Waals surface area (Å²) < 4.78 is 5.36. The first-order valence-corrected chi connectivity index (χ1v) is 6.58. The fourth-order valence-electron chi connectivity index (χ4n) is 6.47. The summed E-state index contributed by atoms with van der Waals surface area (Å²) in [5, 5.41) is 9.00. The van der Waals surface area contributed by atoms with Gasteiger partial charge < -0.3 is 9.84 Å². The quantitative estimate of drug-likeness (QED) is 0.706. The van der Waals surface area contributed by atoms with Crippen molar-refractivity contribution >= 4 is 6.16 Å². The number of rotatable bonds is 1. The van der Waals surface area contributed by atoms with Crippen LogP contribution in [0.25, 0.3) is 0 Å². The summed E-state index contributed by atoms with van der Waals surface area (Å²) in [5.41, 5.74) is 0.466. The number of hydrogen-bond acceptors (Lipinski definition) is 2. The SMILES string of the molecule is CC12CC3(C)CC(C)(C1)CC(OC(=O)O)(C2)C3. The van der Waals surface area contributed by atoms with Gasteiger partial charge in [0.1, 0.15) is 5.60 Å². The molecule has 0 amide bonds. The van der Waals surface area contributed by atoms with Gasteiger partial charge in [-0.1, -0.05) is 20.8 Å². The molecule has 0 unspecified atom stereocenters. The van der Waals surface area contributed by atoms with Crippen LogP contribution in [0.5, 0.6) is 0 Å². The van der Waals surface area contributed by atoms with Gasteiger partial charge in [0, 0.05) is 0 Å². The molecule has 4 rings (SSSR count). The van der Waals surface area contributed by atoms with Crippen LogP contribution in [-0.2, 0) is 4.74 Å². The predicted molar refractivity (Wildman–Crippen MR) is 63.9 cm³/mol. The summed E-state index contributed by atoms with van der Waals surface area (Å²) >= 11 is 0. The van der Waals surface area contributed by atoms with Crippen molar-refractivity contribution in [2.75, 3.05) is 0 Å². The Kier molecular flexibility index (Phi) is 1.88. The van der Waals surface area contributed by atoms with E-state index >= 15 is 0 Å². The topological polar surface area (TPSA) is 46.5 Å². The zero-order valence-corrected chi connectivity index (χ0v) is 11.0. The van der Waals surface area contributed by atoms with Gasteiger partial charge in [-0.25, -0.2) is 4.79 Å². The van der Waals surface area contributed by atoms with Crippen LogP contribution in [0.2, 0.25) is 0 Å². The Hall–Kier alpha value is -0.730. The summed E-state index contributed by atoms with van der Waals surface area (Å²) in [4.78, 5) is 11.0. The highest BCUT2D eigenvalue weighted by atomic mass is 16.7. The molecular weight excluding hydrogens is 216 g/mol. The Balaban J connectivity index is 2.01. The van der Waals surface area contributed by atoms with E-state index < -0.39 is 11.8 Å². The molecule has 0 aliphatic heterocycles. The van der Waals surface area contributed by atoms with Gasteiger partial charge in [-0.05, 0) is 54.8 Å². The lowest BCUT2D eigenvalue weighted by Crippen LogP contribution is -2.63. The number of ether oxygens (including phenoxy) is 1. The first-order chi connectivity index (χ1) is 7.66. The van der Waals surface area contributed by atoms with E-state index in [0.717, 1.165) is 19.3 Å². The van der Waals surface area contributed by atoms with Crippen LogP contribution in [0.1, 0.15) is 59.3 Å². The van der Waals surface area contributed by atoms with Crippen LogP contribution in [0.3, 0.4) is 0 Å². The average molecular weight is 238 g/mol. The Morgan fingerprint density at radius 1 is 0.882 bits per heavy atom. The monoisotopic (exact) mass is 238 g/mol. The number of hydrogen-bond donors (Lipinski definition) is 1. The standard InChI is InChI=1S/C14H22O3/c1-11-4-12(2)6-13(3,5-11)9-14(7-11,8-12)17-10(15)16/h4-9H2,1-3H3,(H,15,16). The Morgan fingerprint density at radius 2 is 1.24 bits per heavy atom. The minimum Gasteiger partial charge on any atom is -0.450 e. The number of carbonyl (C=O) groups is 1. The van der Waals surface area contributed by atoms with Gasteiger partial charge in [0.05, 0.1) is 0 Å². The van der Waals surface area contributed by atoms with E-state index in [4.69, 9.17) is 9.84 Å². The zero-order valence-electron chi connectivity index (χ0n) is 11.0. The van der Waals surface area contributed by atoms with E-state index in [1.807, 2.05) is 0 Å². The Labute approximate surface area is 103 Å². The maximum absolute atomic E-state index is 11.0. The normalized spacial score (nSPS) is 55.9. The minimum atomic E-state index is -1.09. The summed E-state index contributed by atoms with van der Waals surface area (Å²) in [6, 6.07) is 0. The van der Waals surface area contributed by atoms with E-state index in [1.54, 1.807) is 0 Å². The van der Waals surface area contributed by atoms with E-state index in [0.29, 0.717) is 0 Å². The highest BCUT2D eigenvalue weighted by molar-refractivity contribution is 5.58. The van der Waals surface area contributed by atoms with E-state index in [9.17, 15) is 4.79 Å². The van der Waals surface area contributed by atoms with Gasteiger partial charge >= 0.3 is 6.16 Å². The van der Waals surface area contributed by atoms with E-state index in [-0.39, 0.29) is 16.2 Å². The zero-order chi connectivity index (χ0) is 12.5. The minimum absolute atomic E-state index is 0.285. The molecule has 0 radical (unpaired) electrons. The molecule has 0 aromatic carbocycles. The van der Waals surface area contributed by atoms with Crippen molar-refractivity contribution in [2.45, 2.75) is 64.9 Å². The molecular formula is C14H22O3. The van der Waals surface area contributed by atoms with Crippen molar-refractivity contribution in [3.8, 4) is 0 Å². The van der Waals surface area contributed by atoms with Crippen LogP contribution in [0.15, 0.2) is 0 Å². The van der Waals surface area contributed by atoms with Gasteiger partial charge in [-0.15, -0.1) is 0 Å². The van der Waals surface area contributed by atoms with Crippen molar-refractivity contribution in [2.24, 2.45) is 16.2 Å². The third-order valence-electron chi connectivity index (χ3n) is 5.11. The molecule has 0 spiro atoms. The molecule has 1 N–H and O–H groups in total. The highest BCUT2D eigenvalue weighted by Gasteiger charge is 2.65. The molecule has 0 aromatic rings. The molecule has 4 bridgehead atoms. The molecule has 0 atom stereocenters. The van der Waals surface area contributed by atoms with Crippen molar-refractivity contribution in [1.82, 2.24) is 0 Å². The van der Waals surface area contributed by atoms with E-state index in [2.05, 4.69) is 20.8 Å². The lowest BCUT2D eigenvalue weighted by Gasteiger charge is -2.67. The maximum atomic E-state index is 11.0. The summed E-state index contributed by atoms with van der Waals surface area (Å²) in [7, 11) is 0. The maximum Gasteiger partial charge on any atom is 0.506 e. The fraction of sp³-hybridized carbons (Fsp3) is 0.929. The molecule has 4 aliphatic carbocycles. The van der Waals surface area contributed by atoms with Crippen LogP contribution in [-0.4, -0.2) is 16.9 Å². The number of carboxylic acid groups (broad SMARTS) is 1. The molecule has 4 saturated carbocycles. The first kappa shape index (κ1) is 11.4. The smallest absolute Gasteiger partial charge is 0.450 e. The molecule has 0 heterocycles. The lowest BCUT2D eigenvalue weighted by atomic mass is 9.39.